The number of Topliss-reactive ketones (excluding diaryl/α,β-unsaturated/α-hetero) is 1. The summed E-state index contributed by atoms with van der Waals surface area (Å²) in [6.07, 6.45) is 2.48. The van der Waals surface area contributed by atoms with Gasteiger partial charge in [-0.25, -0.2) is 0 Å². The molecule has 15 heavy (non-hydrogen) atoms. The molecule has 2 N–H and O–H groups in total. The normalized spacial score (nSPS) is 37.7. The van der Waals surface area contributed by atoms with Gasteiger partial charge < -0.3 is 10.2 Å². The summed E-state index contributed by atoms with van der Waals surface area (Å²) in [7, 11) is 0. The molecule has 0 aromatic heterocycles. The summed E-state index contributed by atoms with van der Waals surface area (Å²) in [6, 6.07) is 0. The van der Waals surface area contributed by atoms with E-state index < -0.39 is 12.2 Å². The zero-order chi connectivity index (χ0) is 10.8. The van der Waals surface area contributed by atoms with Crippen LogP contribution in [0.1, 0.15) is 25.7 Å². The van der Waals surface area contributed by atoms with Gasteiger partial charge in [0.15, 0.2) is 0 Å². The monoisotopic (exact) mass is 213 g/mol. The van der Waals surface area contributed by atoms with Gasteiger partial charge in [-0.15, -0.1) is 0 Å². The Morgan fingerprint density at radius 2 is 1.93 bits per heavy atom. The number of hydrogen-bond acceptors (Lipinski definition) is 4. The molecule has 2 aliphatic rings. The molecule has 0 radical (unpaired) electrons. The topological polar surface area (TPSA) is 60.8 Å². The van der Waals surface area contributed by atoms with E-state index in [1.54, 1.807) is 0 Å². The van der Waals surface area contributed by atoms with Crippen molar-refractivity contribution >= 4 is 5.78 Å². The molecule has 86 valence electrons. The second-order valence-corrected chi connectivity index (χ2v) is 4.74. The summed E-state index contributed by atoms with van der Waals surface area (Å²) < 4.78 is 0. The first-order valence-electron chi connectivity index (χ1n) is 5.78. The van der Waals surface area contributed by atoms with E-state index in [1.807, 2.05) is 4.90 Å². The largest absolute Gasteiger partial charge is 0.389 e. The van der Waals surface area contributed by atoms with Crippen molar-refractivity contribution in [2.75, 3.05) is 19.6 Å². The molecule has 3 atom stereocenters. The van der Waals surface area contributed by atoms with Crippen LogP contribution in [0.5, 0.6) is 0 Å². The summed E-state index contributed by atoms with van der Waals surface area (Å²) in [4.78, 5) is 13.4. The predicted molar refractivity (Wildman–Crippen MR) is 55.4 cm³/mol. The summed E-state index contributed by atoms with van der Waals surface area (Å²) in [5.74, 6) is 0.634. The molecule has 3 unspecified atom stereocenters. The zero-order valence-corrected chi connectivity index (χ0v) is 8.93. The summed E-state index contributed by atoms with van der Waals surface area (Å²) in [5, 5.41) is 18.7. The molecule has 0 aromatic carbocycles. The number of aliphatic hydroxyl groups is 2. The van der Waals surface area contributed by atoms with Gasteiger partial charge in [-0.05, 0) is 25.8 Å². The number of carbonyl (C=O) groups is 1. The molecule has 2 fully saturated rings. The fourth-order valence-corrected chi connectivity index (χ4v) is 2.56. The first-order valence-corrected chi connectivity index (χ1v) is 5.78. The predicted octanol–water partition coefficient (Wildman–Crippen LogP) is -0.217. The van der Waals surface area contributed by atoms with Gasteiger partial charge in [0.05, 0.1) is 12.2 Å². The molecule has 1 saturated carbocycles. The highest BCUT2D eigenvalue weighted by Gasteiger charge is 2.31. The first-order chi connectivity index (χ1) is 7.16. The van der Waals surface area contributed by atoms with Gasteiger partial charge in [0.1, 0.15) is 5.78 Å². The van der Waals surface area contributed by atoms with Crippen LogP contribution in [0, 0.1) is 5.92 Å². The van der Waals surface area contributed by atoms with Crippen LogP contribution in [0.4, 0.5) is 0 Å². The van der Waals surface area contributed by atoms with Crippen molar-refractivity contribution < 1.29 is 15.0 Å². The maximum atomic E-state index is 11.4. The van der Waals surface area contributed by atoms with Crippen molar-refractivity contribution in [1.82, 2.24) is 4.90 Å². The lowest BCUT2D eigenvalue weighted by Gasteiger charge is -2.16. The lowest BCUT2D eigenvalue weighted by Crippen LogP contribution is -2.25. The molecule has 0 amide bonds. The molecule has 2 rings (SSSR count). The van der Waals surface area contributed by atoms with E-state index in [-0.39, 0.29) is 5.92 Å². The number of β-amino-alcohol motifs (C(OH)–C–C–N with tert-alkyl or cyclic N) is 2. The van der Waals surface area contributed by atoms with Gasteiger partial charge in [-0.3, -0.25) is 9.69 Å². The number of ketones is 1. The molecular weight excluding hydrogens is 194 g/mol. The van der Waals surface area contributed by atoms with Crippen LogP contribution in [0.3, 0.4) is 0 Å². The van der Waals surface area contributed by atoms with E-state index in [1.165, 1.54) is 0 Å². The van der Waals surface area contributed by atoms with Crippen molar-refractivity contribution in [3.8, 4) is 0 Å². The van der Waals surface area contributed by atoms with Crippen molar-refractivity contribution in [1.29, 1.82) is 0 Å². The molecule has 0 spiro atoms. The fraction of sp³-hybridized carbons (Fsp3) is 0.909. The van der Waals surface area contributed by atoms with Gasteiger partial charge in [0.2, 0.25) is 0 Å². The minimum Gasteiger partial charge on any atom is -0.389 e. The van der Waals surface area contributed by atoms with Crippen molar-refractivity contribution in [3.05, 3.63) is 0 Å². The Bertz CT molecular complexity index is 234. The average Bonchev–Trinajstić information content (AvgIpc) is 2.72. The third-order valence-electron chi connectivity index (χ3n) is 3.56. The average molecular weight is 213 g/mol. The Labute approximate surface area is 89.9 Å². The molecule has 1 saturated heterocycles. The van der Waals surface area contributed by atoms with E-state index in [0.717, 1.165) is 32.2 Å². The summed E-state index contributed by atoms with van der Waals surface area (Å²) >= 11 is 0. The number of aliphatic hydroxyl groups excluding tert-OH is 2. The van der Waals surface area contributed by atoms with Gasteiger partial charge in [-0.2, -0.15) is 0 Å². The minimum atomic E-state index is -0.607. The maximum Gasteiger partial charge on any atom is 0.136 e. The number of rotatable bonds is 3. The maximum absolute atomic E-state index is 11.4. The standard InChI is InChI=1S/C11H19NO3/c13-9-3-1-2-8(9)4-5-12-6-10(14)11(15)7-12/h8,10-11,14-15H,1-7H2. The summed E-state index contributed by atoms with van der Waals surface area (Å²) in [6.45, 7) is 1.91. The third kappa shape index (κ3) is 2.56. The van der Waals surface area contributed by atoms with E-state index in [9.17, 15) is 15.0 Å². The van der Waals surface area contributed by atoms with Crippen LogP contribution in [0.25, 0.3) is 0 Å². The summed E-state index contributed by atoms with van der Waals surface area (Å²) in [5.41, 5.74) is 0. The Hall–Kier alpha value is -0.450. The van der Waals surface area contributed by atoms with E-state index in [0.29, 0.717) is 18.9 Å². The van der Waals surface area contributed by atoms with Crippen molar-refractivity contribution in [2.24, 2.45) is 5.92 Å². The molecule has 0 bridgehead atoms. The minimum absolute atomic E-state index is 0.236. The number of likely N-dealkylation sites (tertiary alicyclic amines) is 1. The molecule has 4 heteroatoms. The number of hydrogen-bond donors (Lipinski definition) is 2. The van der Waals surface area contributed by atoms with Crippen LogP contribution in [-0.4, -0.2) is 52.7 Å². The molecular formula is C11H19NO3. The van der Waals surface area contributed by atoms with Crippen LogP contribution in [-0.2, 0) is 4.79 Å². The third-order valence-corrected chi connectivity index (χ3v) is 3.56. The van der Waals surface area contributed by atoms with Crippen LogP contribution in [0.15, 0.2) is 0 Å². The van der Waals surface area contributed by atoms with E-state index in [4.69, 9.17) is 0 Å². The highest BCUT2D eigenvalue weighted by Crippen LogP contribution is 2.25. The SMILES string of the molecule is O=C1CCCC1CCN1CC(O)C(O)C1. The van der Waals surface area contributed by atoms with Crippen LogP contribution >= 0.6 is 0 Å². The first kappa shape index (κ1) is 11.0. The Morgan fingerprint density at radius 1 is 1.27 bits per heavy atom. The Kier molecular flexibility index (Phi) is 3.38. The molecule has 1 aliphatic heterocycles. The van der Waals surface area contributed by atoms with Crippen LogP contribution in [0.2, 0.25) is 0 Å². The number of nitrogens with zero attached hydrogens (tertiary/aromatic N) is 1. The lowest BCUT2D eigenvalue weighted by molar-refractivity contribution is -0.120. The highest BCUT2D eigenvalue weighted by molar-refractivity contribution is 5.82. The quantitative estimate of drug-likeness (QED) is 0.680. The van der Waals surface area contributed by atoms with Gasteiger partial charge in [0, 0.05) is 25.4 Å². The fourth-order valence-electron chi connectivity index (χ4n) is 2.56. The van der Waals surface area contributed by atoms with Crippen molar-refractivity contribution in [3.63, 3.8) is 0 Å². The zero-order valence-electron chi connectivity index (χ0n) is 8.93. The smallest absolute Gasteiger partial charge is 0.136 e. The van der Waals surface area contributed by atoms with E-state index >= 15 is 0 Å². The van der Waals surface area contributed by atoms with Gasteiger partial charge in [-0.1, -0.05) is 0 Å². The van der Waals surface area contributed by atoms with Gasteiger partial charge >= 0.3 is 0 Å². The molecule has 1 aliphatic carbocycles. The molecule has 1 heterocycles. The molecule has 0 aromatic rings. The van der Waals surface area contributed by atoms with Gasteiger partial charge in [0.25, 0.3) is 0 Å². The Balaban J connectivity index is 1.72. The van der Waals surface area contributed by atoms with E-state index in [2.05, 4.69) is 0 Å². The highest BCUT2D eigenvalue weighted by atomic mass is 16.3. The second-order valence-electron chi connectivity index (χ2n) is 4.74. The lowest BCUT2D eigenvalue weighted by atomic mass is 10.0. The molecule has 4 nitrogen and oxygen atoms in total. The second kappa shape index (κ2) is 4.60. The van der Waals surface area contributed by atoms with Crippen LogP contribution < -0.4 is 0 Å². The Morgan fingerprint density at radius 3 is 2.47 bits per heavy atom. The van der Waals surface area contributed by atoms with Crippen molar-refractivity contribution in [2.45, 2.75) is 37.9 Å². The number of carbonyl (C=O) groups excluding carboxylic acids is 1.